The third-order valence-corrected chi connectivity index (χ3v) is 6.05. The van der Waals surface area contributed by atoms with Gasteiger partial charge in [0, 0.05) is 32.3 Å². The van der Waals surface area contributed by atoms with Crippen molar-refractivity contribution in [3.63, 3.8) is 0 Å². The second-order valence-electron chi connectivity index (χ2n) is 8.14. The summed E-state index contributed by atoms with van der Waals surface area (Å²) in [5, 5.41) is 3.43. The number of fused-ring (bicyclic) bond motifs is 2. The Morgan fingerprint density at radius 1 is 1.12 bits per heavy atom. The number of anilines is 1. The number of nitrogens with zero attached hydrogens (tertiary/aromatic N) is 4. The lowest BCUT2D eigenvalue weighted by molar-refractivity contribution is -0.113. The molecule has 3 heterocycles. The molecule has 174 valence electrons. The molecule has 0 spiro atoms. The van der Waals surface area contributed by atoms with Crippen LogP contribution in [0.2, 0.25) is 0 Å². The molecule has 0 saturated carbocycles. The van der Waals surface area contributed by atoms with Crippen LogP contribution in [0, 0.1) is 5.92 Å². The number of thioether (sulfide) groups is 1. The van der Waals surface area contributed by atoms with Crippen LogP contribution >= 0.6 is 11.8 Å². The largest absolute Gasteiger partial charge is 0.486 e. The number of hydrogen-bond donors (Lipinski definition) is 1. The second kappa shape index (κ2) is 9.26. The molecule has 3 aromatic rings. The number of carbonyl (C=O) groups is 1. The van der Waals surface area contributed by atoms with Crippen LogP contribution in [0.1, 0.15) is 19.7 Å². The Balaban J connectivity index is 1.61. The number of benzene rings is 1. The summed E-state index contributed by atoms with van der Waals surface area (Å²) in [7, 11) is 2.98. The number of amides is 1. The van der Waals surface area contributed by atoms with Crippen molar-refractivity contribution in [2.75, 3.05) is 24.3 Å². The highest BCUT2D eigenvalue weighted by Gasteiger charge is 2.19. The minimum atomic E-state index is -0.487. The summed E-state index contributed by atoms with van der Waals surface area (Å²) in [5.74, 6) is 1.78. The lowest BCUT2D eigenvalue weighted by atomic mass is 10.1. The Hall–Kier alpha value is -3.34. The highest BCUT2D eigenvalue weighted by molar-refractivity contribution is 8.00. The average Bonchev–Trinajstić information content (AvgIpc) is 2.79. The van der Waals surface area contributed by atoms with Crippen LogP contribution in [0.15, 0.2) is 32.8 Å². The van der Waals surface area contributed by atoms with Gasteiger partial charge in [0.1, 0.15) is 29.5 Å². The molecule has 2 aromatic heterocycles. The van der Waals surface area contributed by atoms with Crippen LogP contribution in [0.25, 0.3) is 11.0 Å². The monoisotopic (exact) mass is 471 g/mol. The molecule has 33 heavy (non-hydrogen) atoms. The summed E-state index contributed by atoms with van der Waals surface area (Å²) < 4.78 is 13.4. The van der Waals surface area contributed by atoms with Gasteiger partial charge in [-0.05, 0) is 18.1 Å². The van der Waals surface area contributed by atoms with Crippen LogP contribution in [-0.4, -0.2) is 44.0 Å². The zero-order valence-corrected chi connectivity index (χ0v) is 19.7. The predicted octanol–water partition coefficient (Wildman–Crippen LogP) is 1.73. The van der Waals surface area contributed by atoms with Crippen molar-refractivity contribution in [3.8, 4) is 11.5 Å². The van der Waals surface area contributed by atoms with E-state index in [0.717, 1.165) is 16.3 Å². The maximum Gasteiger partial charge on any atom is 0.332 e. The third kappa shape index (κ3) is 4.72. The van der Waals surface area contributed by atoms with Gasteiger partial charge >= 0.3 is 5.69 Å². The standard InChI is InChI=1S/C22H25N5O5S/c1-12(2)9-16-24-19-18(21(29)27(4)22(30)26(19)3)20(25-16)33-11-17(28)23-13-5-6-14-15(10-13)32-8-7-31-14/h5-6,10,12H,7-9,11H2,1-4H3,(H,23,28). The molecule has 10 nitrogen and oxygen atoms in total. The van der Waals surface area contributed by atoms with Crippen molar-refractivity contribution >= 4 is 34.4 Å². The Morgan fingerprint density at radius 3 is 2.58 bits per heavy atom. The molecule has 1 aliphatic heterocycles. The zero-order valence-electron chi connectivity index (χ0n) is 18.9. The lowest BCUT2D eigenvalue weighted by Gasteiger charge is -2.19. The van der Waals surface area contributed by atoms with Crippen molar-refractivity contribution in [2.45, 2.75) is 25.3 Å². The molecule has 0 fully saturated rings. The molecule has 0 atom stereocenters. The first-order chi connectivity index (χ1) is 15.7. The number of ether oxygens (including phenoxy) is 2. The fraction of sp³-hybridized carbons (Fsp3) is 0.409. The first-order valence-electron chi connectivity index (χ1n) is 10.5. The van der Waals surface area contributed by atoms with E-state index in [-0.39, 0.29) is 28.6 Å². The number of hydrogen-bond acceptors (Lipinski definition) is 8. The van der Waals surface area contributed by atoms with Crippen molar-refractivity contribution in [1.29, 1.82) is 0 Å². The molecular formula is C22H25N5O5S. The van der Waals surface area contributed by atoms with E-state index in [2.05, 4.69) is 15.3 Å². The van der Waals surface area contributed by atoms with Crippen molar-refractivity contribution in [2.24, 2.45) is 20.0 Å². The molecule has 0 unspecified atom stereocenters. The molecule has 0 saturated heterocycles. The molecule has 1 amide bonds. The fourth-order valence-corrected chi connectivity index (χ4v) is 4.32. The summed E-state index contributed by atoms with van der Waals surface area (Å²) in [5.41, 5.74) is -0.104. The normalized spacial score (nSPS) is 12.9. The van der Waals surface area contributed by atoms with Gasteiger partial charge in [-0.15, -0.1) is 0 Å². The summed E-state index contributed by atoms with van der Waals surface area (Å²) >= 11 is 1.14. The molecule has 1 aliphatic rings. The van der Waals surface area contributed by atoms with E-state index in [4.69, 9.17) is 9.47 Å². The maximum atomic E-state index is 12.9. The van der Waals surface area contributed by atoms with Gasteiger partial charge in [-0.3, -0.25) is 18.7 Å². The molecule has 11 heteroatoms. The van der Waals surface area contributed by atoms with Gasteiger partial charge in [0.2, 0.25) is 5.91 Å². The number of rotatable bonds is 6. The van der Waals surface area contributed by atoms with Gasteiger partial charge in [0.15, 0.2) is 17.1 Å². The van der Waals surface area contributed by atoms with E-state index >= 15 is 0 Å². The second-order valence-corrected chi connectivity index (χ2v) is 9.11. The van der Waals surface area contributed by atoms with Crippen LogP contribution in [0.4, 0.5) is 5.69 Å². The minimum absolute atomic E-state index is 0.0215. The lowest BCUT2D eigenvalue weighted by Crippen LogP contribution is -2.38. The Bertz CT molecular complexity index is 1350. The summed E-state index contributed by atoms with van der Waals surface area (Å²) in [6.45, 7) is 5.01. The summed E-state index contributed by atoms with van der Waals surface area (Å²) in [6.07, 6.45) is 0.580. The Morgan fingerprint density at radius 2 is 1.85 bits per heavy atom. The maximum absolute atomic E-state index is 12.9. The average molecular weight is 472 g/mol. The molecule has 0 radical (unpaired) electrons. The molecule has 1 aromatic carbocycles. The number of aromatic nitrogens is 4. The van der Waals surface area contributed by atoms with Gasteiger partial charge in [0.05, 0.1) is 5.75 Å². The van der Waals surface area contributed by atoms with E-state index in [9.17, 15) is 14.4 Å². The number of carbonyl (C=O) groups excluding carboxylic acids is 1. The van der Waals surface area contributed by atoms with E-state index in [0.29, 0.717) is 47.7 Å². The van der Waals surface area contributed by atoms with Crippen molar-refractivity contribution in [1.82, 2.24) is 19.1 Å². The van der Waals surface area contributed by atoms with Gasteiger partial charge < -0.3 is 14.8 Å². The van der Waals surface area contributed by atoms with E-state index in [1.807, 2.05) is 13.8 Å². The zero-order chi connectivity index (χ0) is 23.7. The molecule has 1 N–H and O–H groups in total. The van der Waals surface area contributed by atoms with Crippen LogP contribution < -0.4 is 26.0 Å². The van der Waals surface area contributed by atoms with Crippen molar-refractivity contribution in [3.05, 3.63) is 44.9 Å². The van der Waals surface area contributed by atoms with Crippen LogP contribution in [0.5, 0.6) is 11.5 Å². The highest BCUT2D eigenvalue weighted by Crippen LogP contribution is 2.32. The molecular weight excluding hydrogens is 446 g/mol. The van der Waals surface area contributed by atoms with E-state index in [1.165, 1.54) is 11.6 Å². The van der Waals surface area contributed by atoms with Crippen molar-refractivity contribution < 1.29 is 14.3 Å². The molecule has 0 bridgehead atoms. The Kier molecular flexibility index (Phi) is 6.41. The van der Waals surface area contributed by atoms with Gasteiger partial charge in [0.25, 0.3) is 5.56 Å². The first kappa shape index (κ1) is 22.8. The van der Waals surface area contributed by atoms with Gasteiger partial charge in [-0.1, -0.05) is 25.6 Å². The van der Waals surface area contributed by atoms with E-state index < -0.39 is 11.2 Å². The van der Waals surface area contributed by atoms with Crippen LogP contribution in [-0.2, 0) is 25.3 Å². The topological polar surface area (TPSA) is 117 Å². The Labute approximate surface area is 193 Å². The molecule has 0 aliphatic carbocycles. The first-order valence-corrected chi connectivity index (χ1v) is 11.5. The quantitative estimate of drug-likeness (QED) is 0.427. The number of aryl methyl sites for hydroxylation is 1. The SMILES string of the molecule is CC(C)Cc1nc(SCC(=O)Nc2ccc3c(c2)OCCO3)c2c(=O)n(C)c(=O)n(C)c2n1. The number of nitrogens with one attached hydrogen (secondary N) is 1. The fourth-order valence-electron chi connectivity index (χ4n) is 3.48. The van der Waals surface area contributed by atoms with Crippen LogP contribution in [0.3, 0.4) is 0 Å². The van der Waals surface area contributed by atoms with Gasteiger partial charge in [-0.2, -0.15) is 0 Å². The van der Waals surface area contributed by atoms with Gasteiger partial charge in [-0.25, -0.2) is 14.8 Å². The molecule has 4 rings (SSSR count). The smallest absolute Gasteiger partial charge is 0.332 e. The summed E-state index contributed by atoms with van der Waals surface area (Å²) in [4.78, 5) is 46.9. The van der Waals surface area contributed by atoms with E-state index in [1.54, 1.807) is 25.2 Å². The summed E-state index contributed by atoms with van der Waals surface area (Å²) in [6, 6.07) is 5.20. The predicted molar refractivity (Wildman–Crippen MR) is 125 cm³/mol. The third-order valence-electron chi connectivity index (χ3n) is 5.07. The highest BCUT2D eigenvalue weighted by atomic mass is 32.2. The minimum Gasteiger partial charge on any atom is -0.486 e.